The van der Waals surface area contributed by atoms with Crippen molar-refractivity contribution in [2.24, 2.45) is 0 Å². The number of nitrogens with zero attached hydrogens (tertiary/aromatic N) is 2. The van der Waals surface area contributed by atoms with Crippen molar-refractivity contribution < 1.29 is 4.79 Å². The third-order valence-corrected chi connectivity index (χ3v) is 4.83. The fraction of sp³-hybridized carbons (Fsp3) is 0.353. The maximum atomic E-state index is 12.4. The first-order chi connectivity index (χ1) is 11.1. The molecule has 2 aromatic rings. The molecule has 0 saturated carbocycles. The van der Waals surface area contributed by atoms with Crippen LogP contribution in [-0.4, -0.2) is 21.9 Å². The molecule has 1 atom stereocenters. The Morgan fingerprint density at radius 2 is 2.04 bits per heavy atom. The number of nitrogens with one attached hydrogen (secondary N) is 1. The van der Waals surface area contributed by atoms with E-state index in [0.29, 0.717) is 5.69 Å². The Balaban J connectivity index is 1.78. The van der Waals surface area contributed by atoms with Crippen molar-refractivity contribution >= 4 is 23.4 Å². The average molecular weight is 329 g/mol. The van der Waals surface area contributed by atoms with Gasteiger partial charge in [0, 0.05) is 16.6 Å². The zero-order chi connectivity index (χ0) is 16.4. The Labute approximate surface area is 139 Å². The van der Waals surface area contributed by atoms with Gasteiger partial charge in [0.15, 0.2) is 0 Å². The van der Waals surface area contributed by atoms with Gasteiger partial charge < -0.3 is 5.32 Å². The number of thioether (sulfide) groups is 1. The van der Waals surface area contributed by atoms with E-state index in [1.54, 1.807) is 24.8 Å². The number of anilines is 1. The second-order valence-corrected chi connectivity index (χ2v) is 6.53. The quantitative estimate of drug-likeness (QED) is 0.876. The number of aryl methyl sites for hydroxylation is 2. The van der Waals surface area contributed by atoms with E-state index < -0.39 is 6.04 Å². The molecule has 1 aromatic carbocycles. The van der Waals surface area contributed by atoms with Gasteiger partial charge in [-0.1, -0.05) is 0 Å². The molecule has 0 aliphatic heterocycles. The summed E-state index contributed by atoms with van der Waals surface area (Å²) in [5.41, 5.74) is 2.46. The van der Waals surface area contributed by atoms with Crippen molar-refractivity contribution in [1.82, 2.24) is 9.78 Å². The van der Waals surface area contributed by atoms with Gasteiger partial charge in [-0.05, 0) is 62.3 Å². The average Bonchev–Trinajstić information content (AvgIpc) is 3.01. The maximum Gasteiger partial charge on any atom is 0.267 e. The number of rotatable bonds is 4. The number of carbonyl (C=O) groups is 1. The fourth-order valence-electron chi connectivity index (χ4n) is 2.72. The minimum Gasteiger partial charge on any atom is -0.324 e. The molecule has 1 aliphatic rings. The first-order valence-corrected chi connectivity index (χ1v) is 8.87. The van der Waals surface area contributed by atoms with Crippen LogP contribution in [0.4, 0.5) is 5.69 Å². The lowest BCUT2D eigenvalue weighted by atomic mass is 10.2. The summed E-state index contributed by atoms with van der Waals surface area (Å²) in [6.45, 7) is 1.70. The zero-order valence-electron chi connectivity index (χ0n) is 13.2. The van der Waals surface area contributed by atoms with Crippen LogP contribution < -0.4 is 10.9 Å². The molecular weight excluding hydrogens is 310 g/mol. The summed E-state index contributed by atoms with van der Waals surface area (Å²) < 4.78 is 1.29. The molecule has 5 nitrogen and oxygen atoms in total. The first-order valence-electron chi connectivity index (χ1n) is 7.65. The molecule has 0 radical (unpaired) electrons. The Kier molecular flexibility index (Phi) is 4.52. The summed E-state index contributed by atoms with van der Waals surface area (Å²) in [5, 5.41) is 7.22. The highest BCUT2D eigenvalue weighted by molar-refractivity contribution is 7.98. The van der Waals surface area contributed by atoms with E-state index >= 15 is 0 Å². The van der Waals surface area contributed by atoms with E-state index in [2.05, 4.69) is 10.4 Å². The molecule has 0 fully saturated rings. The van der Waals surface area contributed by atoms with Crippen LogP contribution in [0.5, 0.6) is 0 Å². The van der Waals surface area contributed by atoms with Crippen molar-refractivity contribution in [3.05, 3.63) is 51.9 Å². The number of carbonyl (C=O) groups excluding carboxylic acids is 1. The molecule has 23 heavy (non-hydrogen) atoms. The predicted molar refractivity (Wildman–Crippen MR) is 92.1 cm³/mol. The van der Waals surface area contributed by atoms with E-state index in [9.17, 15) is 9.59 Å². The van der Waals surface area contributed by atoms with Crippen molar-refractivity contribution in [2.45, 2.75) is 37.1 Å². The van der Waals surface area contributed by atoms with Crippen molar-refractivity contribution in [2.75, 3.05) is 11.6 Å². The molecule has 1 aromatic heterocycles. The molecule has 6 heteroatoms. The highest BCUT2D eigenvalue weighted by atomic mass is 32.2. The Morgan fingerprint density at radius 1 is 1.30 bits per heavy atom. The molecule has 1 aliphatic carbocycles. The summed E-state index contributed by atoms with van der Waals surface area (Å²) >= 11 is 1.64. The number of amides is 1. The fourth-order valence-corrected chi connectivity index (χ4v) is 3.13. The molecule has 0 bridgehead atoms. The van der Waals surface area contributed by atoms with Gasteiger partial charge in [0.2, 0.25) is 5.91 Å². The Hall–Kier alpha value is -2.08. The van der Waals surface area contributed by atoms with E-state index in [-0.39, 0.29) is 11.5 Å². The molecule has 1 heterocycles. The summed E-state index contributed by atoms with van der Waals surface area (Å²) in [5.74, 6) is -0.241. The molecule has 0 saturated heterocycles. The standard InChI is InChI=1S/C17H19N3O2S/c1-11(17(22)18-13-6-8-14(23-2)9-7-13)20-16(21)10-12-4-3-5-15(12)19-20/h6-11H,3-5H2,1-2H3,(H,18,22). The lowest BCUT2D eigenvalue weighted by Crippen LogP contribution is -2.33. The summed E-state index contributed by atoms with van der Waals surface area (Å²) in [6.07, 6.45) is 4.80. The molecule has 0 spiro atoms. The number of hydrogen-bond donors (Lipinski definition) is 1. The third-order valence-electron chi connectivity index (χ3n) is 4.09. The van der Waals surface area contributed by atoms with Gasteiger partial charge in [-0.2, -0.15) is 5.10 Å². The maximum absolute atomic E-state index is 12.4. The molecule has 120 valence electrons. The second-order valence-electron chi connectivity index (χ2n) is 5.65. The minimum absolute atomic E-state index is 0.217. The number of aromatic nitrogens is 2. The van der Waals surface area contributed by atoms with Gasteiger partial charge in [0.1, 0.15) is 6.04 Å². The molecule has 1 amide bonds. The Bertz CT molecular complexity index is 783. The molecule has 1 N–H and O–H groups in total. The molecular formula is C17H19N3O2S. The van der Waals surface area contributed by atoms with Crippen molar-refractivity contribution in [3.8, 4) is 0 Å². The van der Waals surface area contributed by atoms with Gasteiger partial charge in [-0.15, -0.1) is 11.8 Å². The van der Waals surface area contributed by atoms with Gasteiger partial charge in [0.25, 0.3) is 5.56 Å². The topological polar surface area (TPSA) is 64.0 Å². The predicted octanol–water partition coefficient (Wildman–Crippen LogP) is 2.65. The second kappa shape index (κ2) is 6.58. The van der Waals surface area contributed by atoms with Gasteiger partial charge >= 0.3 is 0 Å². The van der Waals surface area contributed by atoms with Crippen molar-refractivity contribution in [1.29, 1.82) is 0 Å². The monoisotopic (exact) mass is 329 g/mol. The lowest BCUT2D eigenvalue weighted by molar-refractivity contribution is -0.119. The number of fused-ring (bicyclic) bond motifs is 1. The SMILES string of the molecule is CSc1ccc(NC(=O)C(C)n2nc3c(cc2=O)CCC3)cc1. The van der Waals surface area contributed by atoms with Crippen LogP contribution >= 0.6 is 11.8 Å². The lowest BCUT2D eigenvalue weighted by Gasteiger charge is -2.15. The van der Waals surface area contributed by atoms with E-state index in [0.717, 1.165) is 35.4 Å². The van der Waals surface area contributed by atoms with E-state index in [1.807, 2.05) is 30.5 Å². The summed E-state index contributed by atoms with van der Waals surface area (Å²) in [7, 11) is 0. The summed E-state index contributed by atoms with van der Waals surface area (Å²) in [4.78, 5) is 25.7. The minimum atomic E-state index is -0.645. The smallest absolute Gasteiger partial charge is 0.267 e. The normalized spacial score (nSPS) is 14.3. The third kappa shape index (κ3) is 3.32. The van der Waals surface area contributed by atoms with Crippen LogP contribution in [0, 0.1) is 0 Å². The van der Waals surface area contributed by atoms with E-state index in [1.165, 1.54) is 4.68 Å². The van der Waals surface area contributed by atoms with Crippen LogP contribution in [0.15, 0.2) is 40.0 Å². The largest absolute Gasteiger partial charge is 0.324 e. The first kappa shape index (κ1) is 15.8. The van der Waals surface area contributed by atoms with Crippen LogP contribution in [-0.2, 0) is 17.6 Å². The Morgan fingerprint density at radius 3 is 2.74 bits per heavy atom. The van der Waals surface area contributed by atoms with Crippen LogP contribution in [0.3, 0.4) is 0 Å². The zero-order valence-corrected chi connectivity index (χ0v) is 14.0. The van der Waals surface area contributed by atoms with E-state index in [4.69, 9.17) is 0 Å². The van der Waals surface area contributed by atoms with Gasteiger partial charge in [-0.25, -0.2) is 4.68 Å². The van der Waals surface area contributed by atoms with Gasteiger partial charge in [-0.3, -0.25) is 9.59 Å². The van der Waals surface area contributed by atoms with Gasteiger partial charge in [0.05, 0.1) is 5.69 Å². The van der Waals surface area contributed by atoms with Crippen LogP contribution in [0.1, 0.15) is 30.6 Å². The number of hydrogen-bond acceptors (Lipinski definition) is 4. The highest BCUT2D eigenvalue weighted by Gasteiger charge is 2.21. The molecule has 1 unspecified atom stereocenters. The number of benzene rings is 1. The molecule has 3 rings (SSSR count). The van der Waals surface area contributed by atoms with Crippen LogP contribution in [0.25, 0.3) is 0 Å². The van der Waals surface area contributed by atoms with Crippen molar-refractivity contribution in [3.63, 3.8) is 0 Å². The summed E-state index contributed by atoms with van der Waals surface area (Å²) in [6, 6.07) is 8.58. The van der Waals surface area contributed by atoms with Crippen LogP contribution in [0.2, 0.25) is 0 Å². The highest BCUT2D eigenvalue weighted by Crippen LogP contribution is 2.20.